The number of phenolic OH excluding ortho intramolecular Hbond substituents is 1. The quantitative estimate of drug-likeness (QED) is 0.792. The van der Waals surface area contributed by atoms with Gasteiger partial charge in [-0.3, -0.25) is 0 Å². The summed E-state index contributed by atoms with van der Waals surface area (Å²) in [6.07, 6.45) is 0. The van der Waals surface area contributed by atoms with Gasteiger partial charge in [-0.05, 0) is 35.7 Å². The molecule has 0 bridgehead atoms. The molecule has 2 N–H and O–H groups in total. The Kier molecular flexibility index (Phi) is 2.89. The molecule has 5 heteroatoms. The molecular weight excluding hydrogens is 236 g/mol. The number of methoxy groups -OCH3 is 1. The Labute approximate surface area is 102 Å². The molecule has 0 radical (unpaired) electrons. The molecule has 18 heavy (non-hydrogen) atoms. The van der Waals surface area contributed by atoms with Gasteiger partial charge >= 0.3 is 11.9 Å². The maximum Gasteiger partial charge on any atom is 0.338 e. The summed E-state index contributed by atoms with van der Waals surface area (Å²) in [5, 5.41) is 19.6. The van der Waals surface area contributed by atoms with Gasteiger partial charge in [0.25, 0.3) is 0 Å². The van der Waals surface area contributed by atoms with Gasteiger partial charge in [-0.15, -0.1) is 0 Å². The highest BCUT2D eigenvalue weighted by molar-refractivity contribution is 6.01. The SMILES string of the molecule is COC(=O)c1cc(O)c2ccc(C(=O)O)cc2c1. The van der Waals surface area contributed by atoms with Crippen LogP contribution in [0.1, 0.15) is 20.7 Å². The normalized spacial score (nSPS) is 10.3. The van der Waals surface area contributed by atoms with Crippen molar-refractivity contribution < 1.29 is 24.5 Å². The first kappa shape index (κ1) is 11.9. The van der Waals surface area contributed by atoms with Gasteiger partial charge in [0.15, 0.2) is 0 Å². The number of carboxylic acid groups (broad SMARTS) is 1. The van der Waals surface area contributed by atoms with E-state index in [0.717, 1.165) is 0 Å². The molecule has 0 aliphatic rings. The van der Waals surface area contributed by atoms with E-state index >= 15 is 0 Å². The number of phenols is 1. The Hall–Kier alpha value is -2.56. The van der Waals surface area contributed by atoms with Crippen molar-refractivity contribution in [2.45, 2.75) is 0 Å². The van der Waals surface area contributed by atoms with Gasteiger partial charge in [0, 0.05) is 5.39 Å². The molecule has 0 spiro atoms. The molecule has 0 fully saturated rings. The van der Waals surface area contributed by atoms with Gasteiger partial charge in [0.1, 0.15) is 5.75 Å². The Morgan fingerprint density at radius 1 is 1.11 bits per heavy atom. The van der Waals surface area contributed by atoms with Crippen LogP contribution >= 0.6 is 0 Å². The van der Waals surface area contributed by atoms with Crippen LogP contribution in [0.4, 0.5) is 0 Å². The number of carbonyl (C=O) groups excluding carboxylic acids is 1. The number of aromatic hydroxyl groups is 1. The van der Waals surface area contributed by atoms with Gasteiger partial charge in [-0.1, -0.05) is 0 Å². The third kappa shape index (κ3) is 1.98. The van der Waals surface area contributed by atoms with Gasteiger partial charge in [0.2, 0.25) is 0 Å². The number of hydrogen-bond acceptors (Lipinski definition) is 4. The molecule has 0 aromatic heterocycles. The van der Waals surface area contributed by atoms with Crippen molar-refractivity contribution in [3.63, 3.8) is 0 Å². The summed E-state index contributed by atoms with van der Waals surface area (Å²) in [6, 6.07) is 7.04. The number of aromatic carboxylic acids is 1. The predicted octanol–water partition coefficient (Wildman–Crippen LogP) is 2.03. The molecule has 2 aromatic carbocycles. The smallest absolute Gasteiger partial charge is 0.338 e. The molecule has 0 unspecified atom stereocenters. The van der Waals surface area contributed by atoms with Crippen molar-refractivity contribution in [2.24, 2.45) is 0 Å². The molecule has 0 atom stereocenters. The third-order valence-corrected chi connectivity index (χ3v) is 2.60. The fraction of sp³-hybridized carbons (Fsp3) is 0.0769. The Morgan fingerprint density at radius 2 is 1.78 bits per heavy atom. The van der Waals surface area contributed by atoms with E-state index in [-0.39, 0.29) is 16.9 Å². The minimum absolute atomic E-state index is 0.0870. The lowest BCUT2D eigenvalue weighted by Gasteiger charge is -2.05. The van der Waals surface area contributed by atoms with Crippen LogP contribution in [0, 0.1) is 0 Å². The highest BCUT2D eigenvalue weighted by Crippen LogP contribution is 2.27. The standard InChI is InChI=1S/C13H10O5/c1-18-13(17)9-5-8-4-7(12(15)16)2-3-10(8)11(14)6-9/h2-6,14H,1H3,(H,15,16). The minimum Gasteiger partial charge on any atom is -0.507 e. The third-order valence-electron chi connectivity index (χ3n) is 2.60. The Morgan fingerprint density at radius 3 is 2.39 bits per heavy atom. The number of hydrogen-bond donors (Lipinski definition) is 2. The first-order valence-electron chi connectivity index (χ1n) is 5.11. The van der Waals surface area contributed by atoms with E-state index in [0.29, 0.717) is 10.8 Å². The van der Waals surface area contributed by atoms with Crippen LogP contribution in [-0.2, 0) is 4.74 Å². The monoisotopic (exact) mass is 246 g/mol. The van der Waals surface area contributed by atoms with Crippen molar-refractivity contribution in [2.75, 3.05) is 7.11 Å². The largest absolute Gasteiger partial charge is 0.507 e. The van der Waals surface area contributed by atoms with Crippen molar-refractivity contribution in [1.82, 2.24) is 0 Å². The van der Waals surface area contributed by atoms with Crippen molar-refractivity contribution in [3.05, 3.63) is 41.5 Å². The summed E-state index contributed by atoms with van der Waals surface area (Å²) in [5.74, 6) is -1.75. The van der Waals surface area contributed by atoms with Crippen LogP contribution in [0.15, 0.2) is 30.3 Å². The molecule has 0 heterocycles. The number of rotatable bonds is 2. The Bertz CT molecular complexity index is 645. The summed E-state index contributed by atoms with van der Waals surface area (Å²) in [7, 11) is 1.23. The zero-order valence-electron chi connectivity index (χ0n) is 9.51. The van der Waals surface area contributed by atoms with E-state index in [4.69, 9.17) is 5.11 Å². The first-order chi connectivity index (χ1) is 8.52. The van der Waals surface area contributed by atoms with Crippen LogP contribution in [0.2, 0.25) is 0 Å². The van der Waals surface area contributed by atoms with Gasteiger partial charge < -0.3 is 14.9 Å². The molecule has 0 saturated carbocycles. The highest BCUT2D eigenvalue weighted by atomic mass is 16.5. The van der Waals surface area contributed by atoms with Gasteiger partial charge in [-0.25, -0.2) is 9.59 Å². The van der Waals surface area contributed by atoms with Crippen LogP contribution < -0.4 is 0 Å². The summed E-state index contributed by atoms with van der Waals surface area (Å²) < 4.78 is 4.55. The van der Waals surface area contributed by atoms with Crippen molar-refractivity contribution in [3.8, 4) is 5.75 Å². The minimum atomic E-state index is -1.07. The number of fused-ring (bicyclic) bond motifs is 1. The van der Waals surface area contributed by atoms with Gasteiger partial charge in [0.05, 0.1) is 18.2 Å². The lowest BCUT2D eigenvalue weighted by Crippen LogP contribution is -2.01. The molecule has 0 amide bonds. The van der Waals surface area contributed by atoms with E-state index in [1.165, 1.54) is 37.4 Å². The second-order valence-corrected chi connectivity index (χ2v) is 3.73. The Balaban J connectivity index is 2.68. The molecule has 2 rings (SSSR count). The van der Waals surface area contributed by atoms with E-state index in [1.807, 2.05) is 0 Å². The molecule has 0 saturated heterocycles. The molecule has 0 aliphatic carbocycles. The zero-order valence-corrected chi connectivity index (χ0v) is 9.51. The molecule has 0 aliphatic heterocycles. The maximum atomic E-state index is 11.4. The predicted molar refractivity (Wildman–Crippen MR) is 63.9 cm³/mol. The number of carbonyl (C=O) groups is 2. The van der Waals surface area contributed by atoms with Crippen molar-refractivity contribution >= 4 is 22.7 Å². The van der Waals surface area contributed by atoms with E-state index in [9.17, 15) is 14.7 Å². The number of benzene rings is 2. The lowest BCUT2D eigenvalue weighted by molar-refractivity contribution is 0.0599. The first-order valence-corrected chi connectivity index (χ1v) is 5.11. The summed E-state index contributed by atoms with van der Waals surface area (Å²) >= 11 is 0. The zero-order chi connectivity index (χ0) is 13.3. The van der Waals surface area contributed by atoms with E-state index < -0.39 is 11.9 Å². The number of ether oxygens (including phenoxy) is 1. The number of esters is 1. The van der Waals surface area contributed by atoms with E-state index in [1.54, 1.807) is 0 Å². The number of carboxylic acids is 1. The summed E-state index contributed by atoms with van der Waals surface area (Å²) in [5.41, 5.74) is 0.258. The summed E-state index contributed by atoms with van der Waals surface area (Å²) in [6.45, 7) is 0. The second-order valence-electron chi connectivity index (χ2n) is 3.73. The molecular formula is C13H10O5. The average Bonchev–Trinajstić information content (AvgIpc) is 2.36. The summed E-state index contributed by atoms with van der Waals surface area (Å²) in [4.78, 5) is 22.2. The van der Waals surface area contributed by atoms with Crippen molar-refractivity contribution in [1.29, 1.82) is 0 Å². The molecule has 5 nitrogen and oxygen atoms in total. The van der Waals surface area contributed by atoms with E-state index in [2.05, 4.69) is 4.74 Å². The highest BCUT2D eigenvalue weighted by Gasteiger charge is 2.11. The second kappa shape index (κ2) is 4.37. The maximum absolute atomic E-state index is 11.4. The topological polar surface area (TPSA) is 83.8 Å². The van der Waals surface area contributed by atoms with Crippen LogP contribution in [0.5, 0.6) is 5.75 Å². The average molecular weight is 246 g/mol. The molecule has 2 aromatic rings. The molecule has 92 valence electrons. The lowest BCUT2D eigenvalue weighted by atomic mass is 10.0. The van der Waals surface area contributed by atoms with Crippen LogP contribution in [0.25, 0.3) is 10.8 Å². The van der Waals surface area contributed by atoms with Crippen LogP contribution in [-0.4, -0.2) is 29.3 Å². The van der Waals surface area contributed by atoms with Gasteiger partial charge in [-0.2, -0.15) is 0 Å². The van der Waals surface area contributed by atoms with Crippen LogP contribution in [0.3, 0.4) is 0 Å². The fourth-order valence-electron chi connectivity index (χ4n) is 1.72. The fourth-order valence-corrected chi connectivity index (χ4v) is 1.72.